The summed E-state index contributed by atoms with van der Waals surface area (Å²) in [4.78, 5) is 9.91. The van der Waals surface area contributed by atoms with E-state index in [1.165, 1.54) is 0 Å². The van der Waals surface area contributed by atoms with Gasteiger partial charge < -0.3 is 10.4 Å². The van der Waals surface area contributed by atoms with Crippen molar-refractivity contribution in [2.45, 2.75) is 33.4 Å². The van der Waals surface area contributed by atoms with E-state index >= 15 is 0 Å². The van der Waals surface area contributed by atoms with E-state index < -0.39 is 68.6 Å². The maximum absolute atomic E-state index is 14.1. The lowest BCUT2D eigenvalue weighted by molar-refractivity contribution is -0.242. The molecule has 0 aliphatic heterocycles. The Kier molecular flexibility index (Phi) is 6.50. The maximum Gasteiger partial charge on any atom is 0.426 e. The van der Waals surface area contributed by atoms with Gasteiger partial charge in [-0.2, -0.15) is 13.2 Å². The predicted molar refractivity (Wildman–Crippen MR) is 102 cm³/mol. The van der Waals surface area contributed by atoms with Crippen LogP contribution in [0.2, 0.25) is 5.02 Å². The molecular formula is C17H14ClF4NO6S2. The van der Waals surface area contributed by atoms with Gasteiger partial charge in [0.2, 0.25) is 15.4 Å². The lowest BCUT2D eigenvalue weighted by Crippen LogP contribution is -2.52. The van der Waals surface area contributed by atoms with E-state index in [0.29, 0.717) is 6.07 Å². The minimum Gasteiger partial charge on any atom is -0.373 e. The minimum atomic E-state index is -5.28. The summed E-state index contributed by atoms with van der Waals surface area (Å²) in [5.74, 6) is -3.15. The Morgan fingerprint density at radius 3 is 2.00 bits per heavy atom. The van der Waals surface area contributed by atoms with E-state index in [-0.39, 0.29) is 6.92 Å². The molecule has 170 valence electrons. The number of carbonyl (C=O) groups is 1. The highest BCUT2D eigenvalue weighted by Gasteiger charge is 2.55. The van der Waals surface area contributed by atoms with Crippen molar-refractivity contribution in [3.63, 3.8) is 0 Å². The van der Waals surface area contributed by atoms with Crippen molar-refractivity contribution in [3.8, 4) is 0 Å². The molecule has 0 saturated carbocycles. The molecule has 0 heterocycles. The Morgan fingerprint density at radius 1 is 1.03 bits per heavy atom. The highest BCUT2D eigenvalue weighted by atomic mass is 35.5. The summed E-state index contributed by atoms with van der Waals surface area (Å²) in [6.07, 6.45) is -4.54. The van der Waals surface area contributed by atoms with Gasteiger partial charge in [-0.25, -0.2) is 21.2 Å². The molecule has 1 atom stereocenters. The number of nitrogens with one attached hydrogen (secondary N) is 1. The third kappa shape index (κ3) is 5.00. The van der Waals surface area contributed by atoms with Crippen LogP contribution in [-0.4, -0.2) is 45.9 Å². The van der Waals surface area contributed by atoms with Gasteiger partial charge in [0.1, 0.15) is 10.7 Å². The number of benzene rings is 2. The third-order valence-electron chi connectivity index (χ3n) is 4.11. The second kappa shape index (κ2) is 8.04. The summed E-state index contributed by atoms with van der Waals surface area (Å²) >= 11 is 5.85. The van der Waals surface area contributed by atoms with Gasteiger partial charge in [-0.3, -0.25) is 4.79 Å². The quantitative estimate of drug-likeness (QED) is 0.606. The summed E-state index contributed by atoms with van der Waals surface area (Å²) in [6, 6.07) is 4.67. The fraction of sp³-hybridized carbons (Fsp3) is 0.235. The highest BCUT2D eigenvalue weighted by Crippen LogP contribution is 2.33. The smallest absolute Gasteiger partial charge is 0.373 e. The maximum atomic E-state index is 14.1. The molecule has 2 rings (SSSR count). The van der Waals surface area contributed by atoms with Crippen molar-refractivity contribution >= 4 is 42.9 Å². The van der Waals surface area contributed by atoms with Gasteiger partial charge in [0.05, 0.1) is 20.5 Å². The molecule has 0 radical (unpaired) electrons. The summed E-state index contributed by atoms with van der Waals surface area (Å²) < 4.78 is 101. The van der Waals surface area contributed by atoms with Crippen LogP contribution in [-0.2, 0) is 24.5 Å². The van der Waals surface area contributed by atoms with Gasteiger partial charge in [-0.15, -0.1) is 0 Å². The van der Waals surface area contributed by atoms with E-state index in [9.17, 15) is 44.3 Å². The van der Waals surface area contributed by atoms with E-state index in [1.807, 2.05) is 0 Å². The van der Waals surface area contributed by atoms with Crippen molar-refractivity contribution in [3.05, 3.63) is 47.2 Å². The SMILES string of the molecule is C[C@@](O)(C(=O)Nc1ccc(S(=O)(=O)c2ccc(S(C)(=O)=O)c(F)c2)cc1Cl)C(F)(F)F. The molecule has 0 unspecified atom stereocenters. The number of rotatable bonds is 5. The second-order valence-electron chi connectivity index (χ2n) is 6.53. The fourth-order valence-electron chi connectivity index (χ4n) is 2.22. The first-order chi connectivity index (χ1) is 13.9. The van der Waals surface area contributed by atoms with Crippen LogP contribution in [0.5, 0.6) is 0 Å². The number of hydrogen-bond acceptors (Lipinski definition) is 6. The van der Waals surface area contributed by atoms with Crippen LogP contribution in [0.25, 0.3) is 0 Å². The molecule has 0 aliphatic carbocycles. The third-order valence-corrected chi connectivity index (χ3v) is 7.30. The normalized spacial score (nSPS) is 14.7. The average molecular weight is 504 g/mol. The number of sulfone groups is 2. The van der Waals surface area contributed by atoms with E-state index in [0.717, 1.165) is 36.6 Å². The zero-order chi connectivity index (χ0) is 24.0. The molecule has 0 fully saturated rings. The van der Waals surface area contributed by atoms with E-state index in [4.69, 9.17) is 11.6 Å². The Morgan fingerprint density at radius 2 is 1.55 bits per heavy atom. The number of halogens is 5. The fourth-order valence-corrected chi connectivity index (χ4v) is 4.54. The van der Waals surface area contributed by atoms with E-state index in [1.54, 1.807) is 5.32 Å². The molecule has 2 aromatic rings. The summed E-state index contributed by atoms with van der Waals surface area (Å²) in [7, 11) is -8.34. The van der Waals surface area contributed by atoms with Crippen LogP contribution < -0.4 is 5.32 Å². The summed E-state index contributed by atoms with van der Waals surface area (Å²) in [5.41, 5.74) is -4.16. The standard InChI is InChI=1S/C17H14ClF4NO6S2/c1-16(25,17(20,21)22)15(24)23-13-5-3-9(7-11(13)18)31(28,29)10-4-6-14(12(19)8-10)30(2,26)27/h3-8,25H,1-2H3,(H,23,24)/t16-/m1/s1. The zero-order valence-corrected chi connectivity index (χ0v) is 18.0. The molecule has 31 heavy (non-hydrogen) atoms. The molecule has 2 aromatic carbocycles. The Bertz CT molecular complexity index is 1260. The van der Waals surface area contributed by atoms with Crippen LogP contribution in [0.4, 0.5) is 23.2 Å². The monoisotopic (exact) mass is 503 g/mol. The molecule has 14 heteroatoms. The molecule has 0 aromatic heterocycles. The first kappa shape index (κ1) is 25.0. The summed E-state index contributed by atoms with van der Waals surface area (Å²) in [5, 5.41) is 10.6. The first-order valence-electron chi connectivity index (χ1n) is 8.04. The molecule has 0 bridgehead atoms. The Labute approximate surface area is 179 Å². The van der Waals surface area contributed by atoms with Crippen LogP contribution in [0, 0.1) is 5.82 Å². The summed E-state index contributed by atoms with van der Waals surface area (Å²) in [6.45, 7) is 0.226. The van der Waals surface area contributed by atoms with Crippen LogP contribution in [0.15, 0.2) is 51.1 Å². The lowest BCUT2D eigenvalue weighted by atomic mass is 10.1. The topological polar surface area (TPSA) is 118 Å². The van der Waals surface area contributed by atoms with Crippen LogP contribution >= 0.6 is 11.6 Å². The number of amides is 1. The number of hydrogen-bond donors (Lipinski definition) is 2. The minimum absolute atomic E-state index is 0.226. The molecule has 2 N–H and O–H groups in total. The molecule has 0 spiro atoms. The highest BCUT2D eigenvalue weighted by molar-refractivity contribution is 7.91. The van der Waals surface area contributed by atoms with E-state index in [2.05, 4.69) is 0 Å². The molecule has 7 nitrogen and oxygen atoms in total. The lowest BCUT2D eigenvalue weighted by Gasteiger charge is -2.25. The van der Waals surface area contributed by atoms with Gasteiger partial charge in [0, 0.05) is 6.26 Å². The largest absolute Gasteiger partial charge is 0.426 e. The van der Waals surface area contributed by atoms with Crippen molar-refractivity contribution in [2.24, 2.45) is 0 Å². The number of alkyl halides is 3. The van der Waals surface area contributed by atoms with Crippen molar-refractivity contribution in [1.82, 2.24) is 0 Å². The second-order valence-corrected chi connectivity index (χ2v) is 10.9. The average Bonchev–Trinajstić information content (AvgIpc) is 2.60. The number of aliphatic hydroxyl groups is 1. The van der Waals surface area contributed by atoms with Crippen LogP contribution in [0.3, 0.4) is 0 Å². The molecule has 0 saturated heterocycles. The van der Waals surface area contributed by atoms with Crippen molar-refractivity contribution < 1.29 is 44.3 Å². The Balaban J connectivity index is 2.41. The van der Waals surface area contributed by atoms with Crippen LogP contribution in [0.1, 0.15) is 6.92 Å². The number of anilines is 1. The first-order valence-corrected chi connectivity index (χ1v) is 11.8. The molecular weight excluding hydrogens is 490 g/mol. The Hall–Kier alpha value is -2.22. The van der Waals surface area contributed by atoms with Crippen molar-refractivity contribution in [1.29, 1.82) is 0 Å². The van der Waals surface area contributed by atoms with Gasteiger partial charge in [0.25, 0.3) is 5.91 Å². The van der Waals surface area contributed by atoms with Gasteiger partial charge in [-0.05, 0) is 43.3 Å². The molecule has 0 aliphatic rings. The van der Waals surface area contributed by atoms with Gasteiger partial charge >= 0.3 is 6.18 Å². The molecule has 1 amide bonds. The van der Waals surface area contributed by atoms with Crippen molar-refractivity contribution in [2.75, 3.05) is 11.6 Å². The van der Waals surface area contributed by atoms with Gasteiger partial charge in [0.15, 0.2) is 9.84 Å². The van der Waals surface area contributed by atoms with Gasteiger partial charge in [-0.1, -0.05) is 11.6 Å². The number of carbonyl (C=O) groups excluding carboxylic acids is 1. The predicted octanol–water partition coefficient (Wildman–Crippen LogP) is 2.97. The zero-order valence-electron chi connectivity index (χ0n) is 15.7.